The Hall–Kier alpha value is -1.16. The normalized spacial score (nSPS) is 10.8. The van der Waals surface area contributed by atoms with Crippen molar-refractivity contribution in [3.05, 3.63) is 29.8 Å². The fourth-order valence-corrected chi connectivity index (χ4v) is 1.23. The van der Waals surface area contributed by atoms with E-state index in [4.69, 9.17) is 4.74 Å². The molecule has 0 unspecified atom stereocenters. The molecule has 0 radical (unpaired) electrons. The summed E-state index contributed by atoms with van der Waals surface area (Å²) in [6.45, 7) is 5.27. The molecule has 1 aromatic rings. The maximum Gasteiger partial charge on any atom is 0.165 e. The van der Waals surface area contributed by atoms with Gasteiger partial charge in [-0.25, -0.2) is 8.78 Å². The van der Waals surface area contributed by atoms with Crippen LogP contribution < -0.4 is 10.1 Å². The Kier molecular flexibility index (Phi) is 5.19. The number of nitrogens with one attached hydrogen (secondary N) is 1. The van der Waals surface area contributed by atoms with Crippen LogP contribution in [-0.4, -0.2) is 19.2 Å². The molecule has 4 heteroatoms. The van der Waals surface area contributed by atoms with E-state index in [-0.39, 0.29) is 5.75 Å². The van der Waals surface area contributed by atoms with E-state index in [9.17, 15) is 8.78 Å². The van der Waals surface area contributed by atoms with Gasteiger partial charge in [0.05, 0.1) is 6.61 Å². The maximum atomic E-state index is 13.1. The zero-order valence-corrected chi connectivity index (χ0v) is 9.59. The Bertz CT molecular complexity index is 329. The molecule has 0 bridgehead atoms. The van der Waals surface area contributed by atoms with Crippen LogP contribution in [0.5, 0.6) is 5.75 Å². The van der Waals surface area contributed by atoms with Crippen LogP contribution in [0.15, 0.2) is 18.2 Å². The van der Waals surface area contributed by atoms with Crippen molar-refractivity contribution < 1.29 is 13.5 Å². The third kappa shape index (κ3) is 4.57. The predicted molar refractivity (Wildman–Crippen MR) is 59.6 cm³/mol. The van der Waals surface area contributed by atoms with Gasteiger partial charge in [0.25, 0.3) is 0 Å². The molecule has 0 aliphatic rings. The molecule has 0 amide bonds. The van der Waals surface area contributed by atoms with Gasteiger partial charge in [-0.2, -0.15) is 0 Å². The van der Waals surface area contributed by atoms with Crippen molar-refractivity contribution in [2.24, 2.45) is 0 Å². The van der Waals surface area contributed by atoms with E-state index in [0.717, 1.165) is 31.2 Å². The van der Waals surface area contributed by atoms with Gasteiger partial charge in [-0.15, -0.1) is 0 Å². The first-order valence-corrected chi connectivity index (χ1v) is 5.41. The maximum absolute atomic E-state index is 13.1. The first kappa shape index (κ1) is 12.9. The molecule has 0 aliphatic heterocycles. The van der Waals surface area contributed by atoms with E-state index in [2.05, 4.69) is 5.32 Å². The van der Waals surface area contributed by atoms with Gasteiger partial charge in [-0.3, -0.25) is 0 Å². The quantitative estimate of drug-likeness (QED) is 0.757. The molecule has 16 heavy (non-hydrogen) atoms. The zero-order valence-electron chi connectivity index (χ0n) is 9.59. The van der Waals surface area contributed by atoms with Crippen LogP contribution in [0.3, 0.4) is 0 Å². The summed E-state index contributed by atoms with van der Waals surface area (Å²) in [5.74, 6) is -1.04. The highest BCUT2D eigenvalue weighted by Gasteiger charge is 2.04. The summed E-state index contributed by atoms with van der Waals surface area (Å²) in [6.07, 6.45) is 0.758. The lowest BCUT2D eigenvalue weighted by Gasteiger charge is -2.09. The highest BCUT2D eigenvalue weighted by atomic mass is 19.1. The first-order valence-electron chi connectivity index (χ1n) is 5.41. The van der Waals surface area contributed by atoms with Gasteiger partial charge in [0.15, 0.2) is 11.6 Å². The summed E-state index contributed by atoms with van der Waals surface area (Å²) in [5.41, 5.74) is 0. The highest BCUT2D eigenvalue weighted by molar-refractivity contribution is 5.24. The minimum absolute atomic E-state index is 0.0236. The molecule has 0 atom stereocenters. The van der Waals surface area contributed by atoms with Gasteiger partial charge >= 0.3 is 0 Å². The van der Waals surface area contributed by atoms with Crippen LogP contribution in [0.25, 0.3) is 0 Å². The fraction of sp³-hybridized carbons (Fsp3) is 0.500. The SMILES string of the molecule is CC(C)NCCCOc1cc(F)ccc1F. The minimum Gasteiger partial charge on any atom is -0.490 e. The molecule has 0 spiro atoms. The number of benzene rings is 1. The van der Waals surface area contributed by atoms with E-state index in [1.807, 2.05) is 13.8 Å². The topological polar surface area (TPSA) is 21.3 Å². The van der Waals surface area contributed by atoms with Gasteiger partial charge in [-0.05, 0) is 25.1 Å². The third-order valence-electron chi connectivity index (χ3n) is 2.02. The lowest BCUT2D eigenvalue weighted by atomic mass is 10.3. The van der Waals surface area contributed by atoms with Crippen LogP contribution in [0, 0.1) is 11.6 Å². The van der Waals surface area contributed by atoms with Gasteiger partial charge in [-0.1, -0.05) is 13.8 Å². The fourth-order valence-electron chi connectivity index (χ4n) is 1.23. The molecule has 2 nitrogen and oxygen atoms in total. The van der Waals surface area contributed by atoms with Crippen LogP contribution in [0.2, 0.25) is 0 Å². The molecule has 0 heterocycles. The van der Waals surface area contributed by atoms with Crippen molar-refractivity contribution in [3.8, 4) is 5.75 Å². The van der Waals surface area contributed by atoms with Gasteiger partial charge in [0.1, 0.15) is 5.82 Å². The van der Waals surface area contributed by atoms with Gasteiger partial charge in [0, 0.05) is 12.1 Å². The van der Waals surface area contributed by atoms with Crippen LogP contribution >= 0.6 is 0 Å². The first-order chi connectivity index (χ1) is 7.59. The Morgan fingerprint density at radius 1 is 1.31 bits per heavy atom. The minimum atomic E-state index is -0.529. The Morgan fingerprint density at radius 3 is 2.75 bits per heavy atom. The molecule has 1 N–H and O–H groups in total. The van der Waals surface area contributed by atoms with Gasteiger partial charge < -0.3 is 10.1 Å². The summed E-state index contributed by atoms with van der Waals surface area (Å²) < 4.78 is 31.0. The largest absolute Gasteiger partial charge is 0.490 e. The number of hydrogen-bond donors (Lipinski definition) is 1. The monoisotopic (exact) mass is 229 g/mol. The molecule has 0 saturated carbocycles. The van der Waals surface area contributed by atoms with Crippen LogP contribution in [0.4, 0.5) is 8.78 Å². The number of ether oxygens (including phenoxy) is 1. The second-order valence-corrected chi connectivity index (χ2v) is 3.89. The summed E-state index contributed by atoms with van der Waals surface area (Å²) >= 11 is 0. The number of halogens is 2. The molecule has 0 saturated heterocycles. The number of hydrogen-bond acceptors (Lipinski definition) is 2. The molecule has 1 aromatic carbocycles. The van der Waals surface area contributed by atoms with Crippen molar-refractivity contribution in [2.45, 2.75) is 26.3 Å². The summed E-state index contributed by atoms with van der Waals surface area (Å²) in [6, 6.07) is 3.62. The van der Waals surface area contributed by atoms with E-state index in [1.165, 1.54) is 0 Å². The van der Waals surface area contributed by atoms with E-state index in [1.54, 1.807) is 0 Å². The Morgan fingerprint density at radius 2 is 2.06 bits per heavy atom. The zero-order chi connectivity index (χ0) is 12.0. The summed E-state index contributed by atoms with van der Waals surface area (Å²) in [4.78, 5) is 0. The van der Waals surface area contributed by atoms with E-state index < -0.39 is 11.6 Å². The van der Waals surface area contributed by atoms with Crippen molar-refractivity contribution in [1.29, 1.82) is 0 Å². The molecule has 0 aliphatic carbocycles. The van der Waals surface area contributed by atoms with Crippen molar-refractivity contribution in [3.63, 3.8) is 0 Å². The smallest absolute Gasteiger partial charge is 0.165 e. The van der Waals surface area contributed by atoms with E-state index in [0.29, 0.717) is 12.6 Å². The average Bonchev–Trinajstić information content (AvgIpc) is 2.22. The summed E-state index contributed by atoms with van der Waals surface area (Å²) in [5, 5.41) is 3.21. The molecular formula is C12H17F2NO. The molecule has 0 aromatic heterocycles. The van der Waals surface area contributed by atoms with Crippen LogP contribution in [0.1, 0.15) is 20.3 Å². The summed E-state index contributed by atoms with van der Waals surface area (Å²) in [7, 11) is 0. The standard InChI is InChI=1S/C12H17F2NO/c1-9(2)15-6-3-7-16-12-8-10(13)4-5-11(12)14/h4-5,8-9,15H,3,6-7H2,1-2H3. The molecule has 1 rings (SSSR count). The molecular weight excluding hydrogens is 212 g/mol. The Labute approximate surface area is 94.6 Å². The second-order valence-electron chi connectivity index (χ2n) is 3.89. The highest BCUT2D eigenvalue weighted by Crippen LogP contribution is 2.17. The lowest BCUT2D eigenvalue weighted by Crippen LogP contribution is -2.24. The third-order valence-corrected chi connectivity index (χ3v) is 2.02. The van der Waals surface area contributed by atoms with Crippen molar-refractivity contribution in [1.82, 2.24) is 5.32 Å². The second kappa shape index (κ2) is 6.43. The lowest BCUT2D eigenvalue weighted by molar-refractivity contribution is 0.290. The predicted octanol–water partition coefficient (Wildman–Crippen LogP) is 2.73. The Balaban J connectivity index is 2.29. The molecule has 90 valence electrons. The molecule has 0 fully saturated rings. The van der Waals surface area contributed by atoms with Gasteiger partial charge in [0.2, 0.25) is 0 Å². The average molecular weight is 229 g/mol. The number of rotatable bonds is 6. The van der Waals surface area contributed by atoms with E-state index >= 15 is 0 Å². The van der Waals surface area contributed by atoms with Crippen molar-refractivity contribution >= 4 is 0 Å². The van der Waals surface area contributed by atoms with Crippen LogP contribution in [-0.2, 0) is 0 Å². The van der Waals surface area contributed by atoms with Crippen molar-refractivity contribution in [2.75, 3.05) is 13.2 Å².